The van der Waals surface area contributed by atoms with Gasteiger partial charge >= 0.3 is 5.97 Å². The van der Waals surface area contributed by atoms with Crippen LogP contribution in [0.3, 0.4) is 0 Å². The average Bonchev–Trinajstić information content (AvgIpc) is 2.35. The van der Waals surface area contributed by atoms with Crippen LogP contribution in [0, 0.1) is 17.5 Å². The number of carbonyl (C=O) groups is 2. The zero-order chi connectivity index (χ0) is 15.7. The number of nitrogens with zero attached hydrogens (tertiary/aromatic N) is 1. The van der Waals surface area contributed by atoms with Gasteiger partial charge in [0, 0.05) is 12.1 Å². The fraction of sp³-hybridized carbons (Fsp3) is 0.385. The molecule has 0 fully saturated rings. The number of rotatable bonds is 4. The summed E-state index contributed by atoms with van der Waals surface area (Å²) >= 11 is 0. The van der Waals surface area contributed by atoms with Gasteiger partial charge in [-0.3, -0.25) is 4.79 Å². The summed E-state index contributed by atoms with van der Waals surface area (Å²) in [6.07, 6.45) is 0. The predicted molar refractivity (Wildman–Crippen MR) is 64.7 cm³/mol. The summed E-state index contributed by atoms with van der Waals surface area (Å²) in [6.45, 7) is 4.11. The highest BCUT2D eigenvalue weighted by atomic mass is 19.2. The summed E-state index contributed by atoms with van der Waals surface area (Å²) in [5, 5.41) is 9.09. The molecule has 20 heavy (non-hydrogen) atoms. The number of halogens is 3. The SMILES string of the molecule is CCN(C(=O)c1cc(F)c(F)c(F)c1)C(C)(C)C(=O)O. The first-order valence-electron chi connectivity index (χ1n) is 5.82. The van der Waals surface area contributed by atoms with Gasteiger partial charge in [0.2, 0.25) is 0 Å². The van der Waals surface area contributed by atoms with E-state index in [1.807, 2.05) is 0 Å². The van der Waals surface area contributed by atoms with Crippen molar-refractivity contribution in [1.29, 1.82) is 0 Å². The molecule has 1 N–H and O–H groups in total. The number of likely N-dealkylation sites (N-methyl/N-ethyl adjacent to an activating group) is 1. The number of amides is 1. The standard InChI is InChI=1S/C13H14F3NO3/c1-4-17(13(2,3)12(19)20)11(18)7-5-8(14)10(16)9(15)6-7/h5-6H,4H2,1-3H3,(H,19,20). The number of hydrogen-bond donors (Lipinski definition) is 1. The lowest BCUT2D eigenvalue weighted by Gasteiger charge is -2.34. The third-order valence-corrected chi connectivity index (χ3v) is 2.99. The second-order valence-corrected chi connectivity index (χ2v) is 4.67. The Morgan fingerprint density at radius 3 is 2.00 bits per heavy atom. The van der Waals surface area contributed by atoms with Crippen molar-refractivity contribution in [3.05, 3.63) is 35.1 Å². The van der Waals surface area contributed by atoms with E-state index in [1.54, 1.807) is 0 Å². The number of carbonyl (C=O) groups excluding carboxylic acids is 1. The van der Waals surface area contributed by atoms with Gasteiger partial charge in [0.25, 0.3) is 5.91 Å². The molecule has 0 saturated heterocycles. The number of hydrogen-bond acceptors (Lipinski definition) is 2. The first-order valence-corrected chi connectivity index (χ1v) is 5.82. The largest absolute Gasteiger partial charge is 0.480 e. The molecule has 0 aliphatic rings. The van der Waals surface area contributed by atoms with Crippen molar-refractivity contribution in [2.75, 3.05) is 6.54 Å². The highest BCUT2D eigenvalue weighted by molar-refractivity contribution is 5.97. The lowest BCUT2D eigenvalue weighted by Crippen LogP contribution is -2.52. The van der Waals surface area contributed by atoms with Gasteiger partial charge in [-0.1, -0.05) is 0 Å². The summed E-state index contributed by atoms with van der Waals surface area (Å²) in [4.78, 5) is 24.2. The number of carboxylic acid groups (broad SMARTS) is 1. The normalized spacial score (nSPS) is 11.3. The number of aliphatic carboxylic acids is 1. The maximum Gasteiger partial charge on any atom is 0.329 e. The molecule has 1 aromatic carbocycles. The monoisotopic (exact) mass is 289 g/mol. The minimum Gasteiger partial charge on any atom is -0.480 e. The van der Waals surface area contributed by atoms with Crippen molar-refractivity contribution >= 4 is 11.9 Å². The molecule has 0 aromatic heterocycles. The van der Waals surface area contributed by atoms with Crippen LogP contribution in [0.25, 0.3) is 0 Å². The van der Waals surface area contributed by atoms with E-state index in [2.05, 4.69) is 0 Å². The topological polar surface area (TPSA) is 57.6 Å². The van der Waals surface area contributed by atoms with Gasteiger partial charge in [-0.2, -0.15) is 0 Å². The van der Waals surface area contributed by atoms with Crippen LogP contribution >= 0.6 is 0 Å². The molecule has 4 nitrogen and oxygen atoms in total. The Bertz CT molecular complexity index is 535. The first-order chi connectivity index (χ1) is 9.12. The number of benzene rings is 1. The lowest BCUT2D eigenvalue weighted by molar-refractivity contribution is -0.147. The van der Waals surface area contributed by atoms with E-state index in [0.717, 1.165) is 4.90 Å². The van der Waals surface area contributed by atoms with Gasteiger partial charge in [-0.15, -0.1) is 0 Å². The molecule has 1 amide bonds. The number of carboxylic acids is 1. The summed E-state index contributed by atoms with van der Waals surface area (Å²) in [6, 6.07) is 1.09. The fourth-order valence-electron chi connectivity index (χ4n) is 1.74. The van der Waals surface area contributed by atoms with E-state index in [4.69, 9.17) is 5.11 Å². The molecule has 1 aromatic rings. The van der Waals surface area contributed by atoms with Crippen molar-refractivity contribution < 1.29 is 27.9 Å². The van der Waals surface area contributed by atoms with Gasteiger partial charge in [0.1, 0.15) is 5.54 Å². The first kappa shape index (κ1) is 16.0. The van der Waals surface area contributed by atoms with Crippen LogP contribution < -0.4 is 0 Å². The van der Waals surface area contributed by atoms with Gasteiger partial charge < -0.3 is 10.0 Å². The molecule has 0 aliphatic carbocycles. The fourth-order valence-corrected chi connectivity index (χ4v) is 1.74. The van der Waals surface area contributed by atoms with E-state index in [-0.39, 0.29) is 6.54 Å². The molecule has 7 heteroatoms. The highest BCUT2D eigenvalue weighted by Gasteiger charge is 2.37. The maximum absolute atomic E-state index is 13.1. The van der Waals surface area contributed by atoms with Crippen LogP contribution in [0.2, 0.25) is 0 Å². The van der Waals surface area contributed by atoms with Gasteiger partial charge in [0.05, 0.1) is 0 Å². The molecule has 0 spiro atoms. The maximum atomic E-state index is 13.1. The van der Waals surface area contributed by atoms with Crippen molar-refractivity contribution in [3.63, 3.8) is 0 Å². The summed E-state index contributed by atoms with van der Waals surface area (Å²) in [5.41, 5.74) is -2.01. The van der Waals surface area contributed by atoms with Crippen LogP contribution in [-0.4, -0.2) is 34.0 Å². The highest BCUT2D eigenvalue weighted by Crippen LogP contribution is 2.20. The van der Waals surface area contributed by atoms with Crippen molar-refractivity contribution in [1.82, 2.24) is 4.90 Å². The molecular weight excluding hydrogens is 275 g/mol. The van der Waals surface area contributed by atoms with E-state index in [9.17, 15) is 22.8 Å². The molecule has 0 radical (unpaired) electrons. The molecule has 110 valence electrons. The third-order valence-electron chi connectivity index (χ3n) is 2.99. The van der Waals surface area contributed by atoms with Crippen molar-refractivity contribution in [2.45, 2.75) is 26.3 Å². The lowest BCUT2D eigenvalue weighted by atomic mass is 10.0. The van der Waals surface area contributed by atoms with Crippen LogP contribution in [0.4, 0.5) is 13.2 Å². The quantitative estimate of drug-likeness (QED) is 0.866. The van der Waals surface area contributed by atoms with Gasteiger partial charge in [-0.25, -0.2) is 18.0 Å². The average molecular weight is 289 g/mol. The Hall–Kier alpha value is -2.05. The Morgan fingerprint density at radius 1 is 1.20 bits per heavy atom. The Morgan fingerprint density at radius 2 is 1.65 bits per heavy atom. The van der Waals surface area contributed by atoms with Crippen molar-refractivity contribution in [3.8, 4) is 0 Å². The Labute approximate surface area is 113 Å². The molecule has 0 heterocycles. The summed E-state index contributed by atoms with van der Waals surface area (Å²) in [5.74, 6) is -6.84. The summed E-state index contributed by atoms with van der Waals surface area (Å²) in [7, 11) is 0. The Balaban J connectivity index is 3.26. The van der Waals surface area contributed by atoms with Crippen LogP contribution in [0.1, 0.15) is 31.1 Å². The predicted octanol–water partition coefficient (Wildman–Crippen LogP) is 2.43. The molecule has 0 saturated carbocycles. The molecule has 0 bridgehead atoms. The second-order valence-electron chi connectivity index (χ2n) is 4.67. The minimum absolute atomic E-state index is 0.0126. The van der Waals surface area contributed by atoms with Gasteiger partial charge in [0.15, 0.2) is 17.5 Å². The van der Waals surface area contributed by atoms with Crippen LogP contribution in [0.15, 0.2) is 12.1 Å². The molecule has 1 rings (SSSR count). The van der Waals surface area contributed by atoms with E-state index in [0.29, 0.717) is 12.1 Å². The summed E-state index contributed by atoms with van der Waals surface area (Å²) < 4.78 is 39.1. The minimum atomic E-state index is -1.68. The van der Waals surface area contributed by atoms with E-state index >= 15 is 0 Å². The van der Waals surface area contributed by atoms with E-state index < -0.39 is 40.4 Å². The zero-order valence-electron chi connectivity index (χ0n) is 11.2. The third kappa shape index (κ3) is 2.76. The molecule has 0 atom stereocenters. The molecular formula is C13H14F3NO3. The van der Waals surface area contributed by atoms with Gasteiger partial charge in [-0.05, 0) is 32.9 Å². The van der Waals surface area contributed by atoms with E-state index in [1.165, 1.54) is 20.8 Å². The Kier molecular flexibility index (Phi) is 4.42. The smallest absolute Gasteiger partial charge is 0.329 e. The second kappa shape index (κ2) is 5.52. The van der Waals surface area contributed by atoms with Crippen molar-refractivity contribution in [2.24, 2.45) is 0 Å². The zero-order valence-corrected chi connectivity index (χ0v) is 11.2. The van der Waals surface area contributed by atoms with Crippen LogP contribution in [-0.2, 0) is 4.79 Å². The molecule has 0 aliphatic heterocycles. The molecule has 0 unspecified atom stereocenters. The van der Waals surface area contributed by atoms with Crippen LogP contribution in [0.5, 0.6) is 0 Å².